The minimum atomic E-state index is -4.48. The molecule has 1 heterocycles. The number of hydrogen-bond acceptors (Lipinski definition) is 2. The number of allylic oxidation sites excluding steroid dienone is 1. The number of nitrogens with one attached hydrogen (secondary N) is 1. The molecule has 2 aromatic carbocycles. The molecule has 0 fully saturated rings. The fourth-order valence-electron chi connectivity index (χ4n) is 3.34. The van der Waals surface area contributed by atoms with Gasteiger partial charge in [-0.3, -0.25) is 4.79 Å². The Morgan fingerprint density at radius 1 is 1.00 bits per heavy atom. The van der Waals surface area contributed by atoms with E-state index in [1.54, 1.807) is 0 Å². The summed E-state index contributed by atoms with van der Waals surface area (Å²) in [7, 11) is 0. The van der Waals surface area contributed by atoms with Crippen LogP contribution in [0.3, 0.4) is 0 Å². The van der Waals surface area contributed by atoms with E-state index >= 15 is 0 Å². The van der Waals surface area contributed by atoms with E-state index in [1.807, 2.05) is 38.1 Å². The maximum absolute atomic E-state index is 12.9. The van der Waals surface area contributed by atoms with Gasteiger partial charge in [0, 0.05) is 33.9 Å². The number of hydrogen-bond donors (Lipinski definition) is 1. The molecule has 27 heavy (non-hydrogen) atoms. The lowest BCUT2D eigenvalue weighted by molar-refractivity contribution is -0.137. The van der Waals surface area contributed by atoms with Crippen LogP contribution in [0.4, 0.5) is 13.2 Å². The second kappa shape index (κ2) is 6.25. The van der Waals surface area contributed by atoms with Crippen molar-refractivity contribution < 1.29 is 18.0 Å². The van der Waals surface area contributed by atoms with Gasteiger partial charge in [0.25, 0.3) is 0 Å². The normalized spacial score (nSPS) is 19.3. The molecule has 0 spiro atoms. The molecule has 0 aliphatic carbocycles. The van der Waals surface area contributed by atoms with Crippen LogP contribution < -0.4 is 5.32 Å². The summed E-state index contributed by atoms with van der Waals surface area (Å²) in [5.74, 6) is -0.464. The monoisotopic (exact) mass is 373 g/mol. The van der Waals surface area contributed by atoms with Crippen molar-refractivity contribution in [2.45, 2.75) is 44.8 Å². The number of alkyl halides is 3. The molecule has 2 nitrogen and oxygen atoms in total. The van der Waals surface area contributed by atoms with Crippen molar-refractivity contribution in [1.82, 2.24) is 5.32 Å². The van der Waals surface area contributed by atoms with E-state index in [1.165, 1.54) is 18.2 Å². The number of carbonyl (C=O) groups is 1. The van der Waals surface area contributed by atoms with Crippen molar-refractivity contribution in [3.63, 3.8) is 0 Å². The van der Waals surface area contributed by atoms with Crippen molar-refractivity contribution >= 4 is 11.5 Å². The number of halogens is 3. The predicted octanol–water partition coefficient (Wildman–Crippen LogP) is 5.59. The van der Waals surface area contributed by atoms with E-state index in [4.69, 9.17) is 0 Å². The maximum atomic E-state index is 12.9. The Kier molecular flexibility index (Phi) is 4.45. The zero-order valence-corrected chi connectivity index (χ0v) is 15.7. The van der Waals surface area contributed by atoms with E-state index in [2.05, 4.69) is 19.2 Å². The molecule has 142 valence electrons. The molecule has 1 N–H and O–H groups in total. The van der Waals surface area contributed by atoms with Gasteiger partial charge in [0.15, 0.2) is 5.78 Å². The topological polar surface area (TPSA) is 29.1 Å². The summed E-state index contributed by atoms with van der Waals surface area (Å²) in [6.07, 6.45) is -3.09. The summed E-state index contributed by atoms with van der Waals surface area (Å²) in [5, 5.41) is 3.40. The Labute approximate surface area is 157 Å². The second-order valence-corrected chi connectivity index (χ2v) is 7.92. The van der Waals surface area contributed by atoms with Crippen LogP contribution in [0.5, 0.6) is 0 Å². The molecule has 0 saturated carbocycles. The number of rotatable bonds is 2. The van der Waals surface area contributed by atoms with Gasteiger partial charge in [-0.2, -0.15) is 13.2 Å². The third-order valence-electron chi connectivity index (χ3n) is 5.65. The zero-order valence-electron chi connectivity index (χ0n) is 15.7. The first-order chi connectivity index (χ1) is 12.4. The molecule has 2 aromatic rings. The van der Waals surface area contributed by atoms with E-state index in [-0.39, 0.29) is 16.5 Å². The summed E-state index contributed by atoms with van der Waals surface area (Å²) in [4.78, 5) is 12.7. The Hall–Kier alpha value is -2.56. The number of benzene rings is 2. The van der Waals surface area contributed by atoms with Crippen LogP contribution in [0.2, 0.25) is 0 Å². The Bertz CT molecular complexity index is 923. The van der Waals surface area contributed by atoms with Crippen molar-refractivity contribution in [2.24, 2.45) is 0 Å². The van der Waals surface area contributed by atoms with Crippen molar-refractivity contribution in [3.05, 3.63) is 76.9 Å². The van der Waals surface area contributed by atoms with Crippen molar-refractivity contribution in [3.8, 4) is 0 Å². The molecule has 0 radical (unpaired) electrons. The second-order valence-electron chi connectivity index (χ2n) is 7.92. The van der Waals surface area contributed by atoms with E-state index in [0.29, 0.717) is 5.70 Å². The summed E-state index contributed by atoms with van der Waals surface area (Å²) in [6, 6.07) is 12.3. The predicted molar refractivity (Wildman–Crippen MR) is 100 cm³/mol. The van der Waals surface area contributed by atoms with Crippen molar-refractivity contribution in [2.75, 3.05) is 0 Å². The SMILES string of the molecule is CC1(C)N/C(=C/C(=O)c2cccc(C(F)(F)F)c2)c2ccccc2C1(C)C. The molecule has 0 atom stereocenters. The largest absolute Gasteiger partial charge is 0.416 e. The molecular weight excluding hydrogens is 351 g/mol. The highest BCUT2D eigenvalue weighted by Crippen LogP contribution is 2.43. The smallest absolute Gasteiger partial charge is 0.379 e. The molecule has 0 aromatic heterocycles. The van der Waals surface area contributed by atoms with E-state index < -0.39 is 17.5 Å². The molecule has 1 aliphatic rings. The quantitative estimate of drug-likeness (QED) is 0.549. The lowest BCUT2D eigenvalue weighted by Gasteiger charge is -2.49. The van der Waals surface area contributed by atoms with Gasteiger partial charge in [-0.15, -0.1) is 0 Å². The minimum absolute atomic E-state index is 0.0132. The molecule has 1 aliphatic heterocycles. The zero-order chi connectivity index (χ0) is 20.0. The molecule has 5 heteroatoms. The van der Waals surface area contributed by atoms with Crippen molar-refractivity contribution in [1.29, 1.82) is 0 Å². The van der Waals surface area contributed by atoms with Crippen LogP contribution in [-0.4, -0.2) is 11.3 Å². The highest BCUT2D eigenvalue weighted by atomic mass is 19.4. The summed E-state index contributed by atoms with van der Waals surface area (Å²) in [5.41, 5.74) is 1.25. The average molecular weight is 373 g/mol. The third-order valence-corrected chi connectivity index (χ3v) is 5.65. The number of ketones is 1. The number of carbonyl (C=O) groups excluding carboxylic acids is 1. The van der Waals surface area contributed by atoms with Gasteiger partial charge in [-0.1, -0.05) is 50.2 Å². The van der Waals surface area contributed by atoms with E-state index in [0.717, 1.165) is 23.3 Å². The average Bonchev–Trinajstić information content (AvgIpc) is 2.59. The number of fused-ring (bicyclic) bond motifs is 1. The molecule has 0 unspecified atom stereocenters. The maximum Gasteiger partial charge on any atom is 0.416 e. The van der Waals surface area contributed by atoms with Crippen LogP contribution >= 0.6 is 0 Å². The molecular formula is C22H22F3NO. The van der Waals surface area contributed by atoms with Gasteiger partial charge in [-0.25, -0.2) is 0 Å². The molecule has 0 bridgehead atoms. The summed E-state index contributed by atoms with van der Waals surface area (Å²) < 4.78 is 38.8. The lowest BCUT2D eigenvalue weighted by Crippen LogP contribution is -2.56. The van der Waals surface area contributed by atoms with Crippen LogP contribution in [0, 0.1) is 0 Å². The highest BCUT2D eigenvalue weighted by Gasteiger charge is 2.44. The van der Waals surface area contributed by atoms with Crippen LogP contribution in [-0.2, 0) is 11.6 Å². The molecule has 0 saturated heterocycles. The molecule has 3 rings (SSSR count). The lowest BCUT2D eigenvalue weighted by atomic mass is 9.65. The Morgan fingerprint density at radius 3 is 2.33 bits per heavy atom. The first kappa shape index (κ1) is 19.2. The fourth-order valence-corrected chi connectivity index (χ4v) is 3.34. The van der Waals surface area contributed by atoms with Gasteiger partial charge in [0.1, 0.15) is 0 Å². The van der Waals surface area contributed by atoms with Gasteiger partial charge < -0.3 is 5.32 Å². The summed E-state index contributed by atoms with van der Waals surface area (Å²) in [6.45, 7) is 8.35. The van der Waals surface area contributed by atoms with Crippen LogP contribution in [0.1, 0.15) is 54.7 Å². The van der Waals surface area contributed by atoms with Gasteiger partial charge in [0.2, 0.25) is 0 Å². The standard InChI is InChI=1S/C22H22F3NO/c1-20(2)17-11-6-5-10-16(17)18(26-21(20,3)4)13-19(27)14-8-7-9-15(12-14)22(23,24)25/h5-13,26H,1-4H3/b18-13+. The van der Waals surface area contributed by atoms with Crippen LogP contribution in [0.15, 0.2) is 54.6 Å². The van der Waals surface area contributed by atoms with Gasteiger partial charge in [0.05, 0.1) is 5.56 Å². The third kappa shape index (κ3) is 3.38. The summed E-state index contributed by atoms with van der Waals surface area (Å²) >= 11 is 0. The highest BCUT2D eigenvalue weighted by molar-refractivity contribution is 6.08. The van der Waals surface area contributed by atoms with E-state index in [9.17, 15) is 18.0 Å². The Morgan fingerprint density at radius 2 is 1.67 bits per heavy atom. The first-order valence-electron chi connectivity index (χ1n) is 8.75. The minimum Gasteiger partial charge on any atom is -0.379 e. The van der Waals surface area contributed by atoms with Gasteiger partial charge >= 0.3 is 6.18 Å². The molecule has 0 amide bonds. The Balaban J connectivity index is 2.06. The van der Waals surface area contributed by atoms with Crippen LogP contribution in [0.25, 0.3) is 5.70 Å². The fraction of sp³-hybridized carbons (Fsp3) is 0.318. The first-order valence-corrected chi connectivity index (χ1v) is 8.75. The van der Waals surface area contributed by atoms with Gasteiger partial charge in [-0.05, 0) is 31.5 Å².